The quantitative estimate of drug-likeness (QED) is 0.556. The van der Waals surface area contributed by atoms with Crippen molar-refractivity contribution >= 4 is 45.5 Å². The predicted molar refractivity (Wildman–Crippen MR) is 74.6 cm³/mol. The molecule has 0 aliphatic carbocycles. The van der Waals surface area contributed by atoms with Crippen LogP contribution in [0.4, 0.5) is 5.13 Å². The van der Waals surface area contributed by atoms with E-state index in [9.17, 15) is 9.59 Å². The number of carbonyl (C=O) groups is 2. The van der Waals surface area contributed by atoms with E-state index in [-0.39, 0.29) is 17.5 Å². The minimum Gasteiger partial charge on any atom is -0.392 e. The number of nitrogens with two attached hydrogens (primary N) is 1. The van der Waals surface area contributed by atoms with Gasteiger partial charge in [-0.1, -0.05) is 26.1 Å². The lowest BCUT2D eigenvalue weighted by Crippen LogP contribution is -2.39. The molecule has 0 saturated heterocycles. The fourth-order valence-electron chi connectivity index (χ4n) is 1.01. The normalized spacial score (nSPS) is 10.2. The van der Waals surface area contributed by atoms with Crippen LogP contribution in [0.1, 0.15) is 25.5 Å². The molecule has 0 aliphatic rings. The summed E-state index contributed by atoms with van der Waals surface area (Å²) in [4.78, 5) is 27.1. The number of rotatable bonds is 4. The molecule has 0 unspecified atom stereocenters. The van der Waals surface area contributed by atoms with Gasteiger partial charge in [-0.25, -0.2) is 4.98 Å². The molecule has 1 rings (SSSR count). The first-order valence-corrected chi connectivity index (χ1v) is 6.52. The minimum absolute atomic E-state index is 0.00327. The zero-order valence-electron chi connectivity index (χ0n) is 10.0. The third-order valence-corrected chi connectivity index (χ3v) is 2.88. The Labute approximate surface area is 114 Å². The summed E-state index contributed by atoms with van der Waals surface area (Å²) >= 11 is 5.86. The molecule has 0 radical (unpaired) electrons. The van der Waals surface area contributed by atoms with Crippen molar-refractivity contribution in [2.24, 2.45) is 5.73 Å². The van der Waals surface area contributed by atoms with E-state index < -0.39 is 11.8 Å². The number of aromatic nitrogens is 1. The van der Waals surface area contributed by atoms with Crippen molar-refractivity contribution < 1.29 is 9.59 Å². The van der Waals surface area contributed by atoms with Gasteiger partial charge < -0.3 is 11.1 Å². The Kier molecular flexibility index (Phi) is 5.17. The molecule has 0 bridgehead atoms. The lowest BCUT2D eigenvalue weighted by molar-refractivity contribution is -0.135. The van der Waals surface area contributed by atoms with Gasteiger partial charge >= 0.3 is 11.8 Å². The van der Waals surface area contributed by atoms with Crippen LogP contribution in [0.3, 0.4) is 0 Å². The van der Waals surface area contributed by atoms with Gasteiger partial charge in [-0.3, -0.25) is 14.9 Å². The summed E-state index contributed by atoms with van der Waals surface area (Å²) in [6.07, 6.45) is 0. The Morgan fingerprint density at radius 1 is 1.50 bits per heavy atom. The summed E-state index contributed by atoms with van der Waals surface area (Å²) in [6.45, 7) is 3.99. The molecule has 98 valence electrons. The first-order chi connectivity index (χ1) is 8.40. The average Bonchev–Trinajstić information content (AvgIpc) is 2.74. The van der Waals surface area contributed by atoms with Gasteiger partial charge in [0.2, 0.25) is 0 Å². The maximum absolute atomic E-state index is 11.5. The van der Waals surface area contributed by atoms with Crippen molar-refractivity contribution in [2.45, 2.75) is 19.8 Å². The molecule has 1 heterocycles. The predicted octanol–water partition coefficient (Wildman–Crippen LogP) is 0.607. The number of nitrogens with zero attached hydrogens (tertiary/aromatic N) is 1. The van der Waals surface area contributed by atoms with Crippen LogP contribution in [-0.2, 0) is 9.59 Å². The number of hydrogen-bond acceptors (Lipinski definition) is 5. The van der Waals surface area contributed by atoms with E-state index in [1.54, 1.807) is 0 Å². The molecule has 0 saturated carbocycles. The highest BCUT2D eigenvalue weighted by Crippen LogP contribution is 2.21. The van der Waals surface area contributed by atoms with E-state index in [2.05, 4.69) is 27.8 Å². The van der Waals surface area contributed by atoms with E-state index in [0.29, 0.717) is 5.13 Å². The average molecular weight is 286 g/mol. The van der Waals surface area contributed by atoms with Crippen LogP contribution >= 0.6 is 23.6 Å². The minimum atomic E-state index is -0.788. The monoisotopic (exact) mass is 286 g/mol. The van der Waals surface area contributed by atoms with E-state index >= 15 is 0 Å². The summed E-state index contributed by atoms with van der Waals surface area (Å²) < 4.78 is 0. The molecule has 6 nitrogen and oxygen atoms in total. The molecule has 1 aromatic rings. The molecule has 0 aliphatic heterocycles. The van der Waals surface area contributed by atoms with Crippen molar-refractivity contribution in [3.63, 3.8) is 0 Å². The van der Waals surface area contributed by atoms with Crippen LogP contribution in [-0.4, -0.2) is 28.3 Å². The molecule has 0 atom stereocenters. The Hall–Kier alpha value is -1.54. The van der Waals surface area contributed by atoms with Gasteiger partial charge in [0.1, 0.15) is 0 Å². The fraction of sp³-hybridized carbons (Fsp3) is 0.400. The highest BCUT2D eigenvalue weighted by molar-refractivity contribution is 7.80. The number of hydrogen-bond donors (Lipinski definition) is 3. The lowest BCUT2D eigenvalue weighted by atomic mass is 10.2. The highest BCUT2D eigenvalue weighted by atomic mass is 32.1. The van der Waals surface area contributed by atoms with Gasteiger partial charge in [0.25, 0.3) is 0 Å². The molecule has 1 aromatic heterocycles. The first-order valence-electron chi connectivity index (χ1n) is 5.23. The second kappa shape index (κ2) is 6.41. The maximum Gasteiger partial charge on any atom is 0.315 e. The van der Waals surface area contributed by atoms with E-state index in [1.165, 1.54) is 11.3 Å². The molecule has 0 aromatic carbocycles. The van der Waals surface area contributed by atoms with Crippen molar-refractivity contribution in [3.05, 3.63) is 11.1 Å². The van der Waals surface area contributed by atoms with Gasteiger partial charge in [0.15, 0.2) is 5.13 Å². The van der Waals surface area contributed by atoms with Crippen LogP contribution < -0.4 is 16.4 Å². The Morgan fingerprint density at radius 3 is 2.67 bits per heavy atom. The number of carbonyl (C=O) groups excluding carboxylic acids is 2. The topological polar surface area (TPSA) is 97.1 Å². The molecule has 2 amide bonds. The van der Waals surface area contributed by atoms with Gasteiger partial charge in [0.05, 0.1) is 17.2 Å². The van der Waals surface area contributed by atoms with Crippen molar-refractivity contribution in [1.29, 1.82) is 0 Å². The molecule has 8 heteroatoms. The van der Waals surface area contributed by atoms with Gasteiger partial charge in [-0.05, 0) is 5.92 Å². The Morgan fingerprint density at radius 2 is 2.17 bits per heavy atom. The summed E-state index contributed by atoms with van der Waals surface area (Å²) in [5.74, 6) is -1.30. The van der Waals surface area contributed by atoms with Crippen LogP contribution in [0.2, 0.25) is 0 Å². The van der Waals surface area contributed by atoms with Crippen molar-refractivity contribution in [3.8, 4) is 0 Å². The SMILES string of the molecule is CC(C)c1csc(NC(=O)C(=O)NCC(N)=S)n1. The van der Waals surface area contributed by atoms with Crippen LogP contribution in [0, 0.1) is 0 Å². The summed E-state index contributed by atoms with van der Waals surface area (Å²) in [6, 6.07) is 0. The molecular weight excluding hydrogens is 272 g/mol. The number of anilines is 1. The molecule has 4 N–H and O–H groups in total. The van der Waals surface area contributed by atoms with E-state index in [0.717, 1.165) is 5.69 Å². The highest BCUT2D eigenvalue weighted by Gasteiger charge is 2.15. The standard InChI is InChI=1S/C10H14N4O2S2/c1-5(2)6-4-18-10(13-6)14-9(16)8(15)12-3-7(11)17/h4-5H,3H2,1-2H3,(H2,11,17)(H,12,15)(H,13,14,16). The summed E-state index contributed by atoms with van der Waals surface area (Å²) in [7, 11) is 0. The van der Waals surface area contributed by atoms with Crippen LogP contribution in [0.5, 0.6) is 0 Å². The smallest absolute Gasteiger partial charge is 0.315 e. The number of thiocarbonyl (C=S) groups is 1. The Balaban J connectivity index is 2.53. The first kappa shape index (κ1) is 14.5. The van der Waals surface area contributed by atoms with Crippen molar-refractivity contribution in [1.82, 2.24) is 10.3 Å². The van der Waals surface area contributed by atoms with Crippen molar-refractivity contribution in [2.75, 3.05) is 11.9 Å². The van der Waals surface area contributed by atoms with E-state index in [4.69, 9.17) is 5.73 Å². The number of nitrogens with one attached hydrogen (secondary N) is 2. The number of thiazole rings is 1. The van der Waals surface area contributed by atoms with Crippen LogP contribution in [0.25, 0.3) is 0 Å². The Bertz CT molecular complexity index is 470. The summed E-state index contributed by atoms with van der Waals surface area (Å²) in [5.41, 5.74) is 6.08. The zero-order chi connectivity index (χ0) is 13.7. The molecule has 0 spiro atoms. The second-order valence-corrected chi connectivity index (χ2v) is 5.22. The summed E-state index contributed by atoms with van der Waals surface area (Å²) in [5, 5.41) is 6.94. The lowest BCUT2D eigenvalue weighted by Gasteiger charge is -2.03. The molecule has 18 heavy (non-hydrogen) atoms. The number of amides is 2. The molecular formula is C10H14N4O2S2. The molecule has 0 fully saturated rings. The zero-order valence-corrected chi connectivity index (χ0v) is 11.7. The third-order valence-electron chi connectivity index (χ3n) is 1.96. The van der Waals surface area contributed by atoms with Gasteiger partial charge in [-0.2, -0.15) is 0 Å². The van der Waals surface area contributed by atoms with Gasteiger partial charge in [0, 0.05) is 5.38 Å². The maximum atomic E-state index is 11.5. The van der Waals surface area contributed by atoms with Crippen LogP contribution in [0.15, 0.2) is 5.38 Å². The largest absolute Gasteiger partial charge is 0.392 e. The fourth-order valence-corrected chi connectivity index (χ4v) is 1.95. The third kappa shape index (κ3) is 4.38. The van der Waals surface area contributed by atoms with E-state index in [1.807, 2.05) is 19.2 Å². The second-order valence-electron chi connectivity index (χ2n) is 3.84. The van der Waals surface area contributed by atoms with Gasteiger partial charge in [-0.15, -0.1) is 11.3 Å².